The fourth-order valence-electron chi connectivity index (χ4n) is 2.37. The normalized spacial score (nSPS) is 12.5. The molecule has 0 fully saturated rings. The van der Waals surface area contributed by atoms with E-state index in [1.54, 1.807) is 62.3 Å². The summed E-state index contributed by atoms with van der Waals surface area (Å²) >= 11 is 0. The van der Waals surface area contributed by atoms with Crippen molar-refractivity contribution in [3.05, 3.63) is 0 Å². The van der Waals surface area contributed by atoms with Gasteiger partial charge in [0.05, 0.1) is 52.3 Å². The lowest BCUT2D eigenvalue weighted by atomic mass is 10.2. The van der Waals surface area contributed by atoms with E-state index in [1.165, 1.54) is 0 Å². The van der Waals surface area contributed by atoms with Crippen LogP contribution >= 0.6 is 0 Å². The number of esters is 3. The summed E-state index contributed by atoms with van der Waals surface area (Å²) in [5.41, 5.74) is -1.66. The fraction of sp³-hybridized carbons (Fsp3) is 0.875. The zero-order chi connectivity index (χ0) is 25.7. The molecule has 0 atom stereocenters. The molecule has 0 radical (unpaired) electrons. The summed E-state index contributed by atoms with van der Waals surface area (Å²) < 4.78 is 32.6. The Morgan fingerprint density at radius 3 is 1.15 bits per heavy atom. The van der Waals surface area contributed by atoms with Crippen LogP contribution in [0.1, 0.15) is 81.6 Å². The van der Waals surface area contributed by atoms with E-state index in [4.69, 9.17) is 28.4 Å². The van der Waals surface area contributed by atoms with Crippen LogP contribution in [0.4, 0.5) is 0 Å². The summed E-state index contributed by atoms with van der Waals surface area (Å²) in [5, 5.41) is 0. The first-order valence-electron chi connectivity index (χ1n) is 11.4. The minimum absolute atomic E-state index is 0.0869. The molecule has 0 N–H and O–H groups in total. The van der Waals surface area contributed by atoms with Crippen molar-refractivity contribution in [1.82, 2.24) is 0 Å². The SMILES string of the molecule is CC(C)(C)OC(=O)CCOCC(COCCC(=O)OC(C)(C)C)OCCC(=O)OC(C)(C)C. The van der Waals surface area contributed by atoms with Crippen molar-refractivity contribution in [2.75, 3.05) is 33.0 Å². The predicted molar refractivity (Wildman–Crippen MR) is 123 cm³/mol. The van der Waals surface area contributed by atoms with Gasteiger partial charge in [-0.3, -0.25) is 14.4 Å². The van der Waals surface area contributed by atoms with Gasteiger partial charge in [-0.05, 0) is 62.3 Å². The van der Waals surface area contributed by atoms with E-state index in [0.29, 0.717) is 0 Å². The summed E-state index contributed by atoms with van der Waals surface area (Å²) in [7, 11) is 0. The molecule has 0 unspecified atom stereocenters. The summed E-state index contributed by atoms with van der Waals surface area (Å²) in [6.45, 7) is 17.0. The maximum atomic E-state index is 11.9. The summed E-state index contributed by atoms with van der Waals surface area (Å²) in [5.74, 6) is -1.06. The van der Waals surface area contributed by atoms with Gasteiger partial charge in [0.2, 0.25) is 0 Å². The monoisotopic (exact) mass is 476 g/mol. The van der Waals surface area contributed by atoms with E-state index in [2.05, 4.69) is 0 Å². The fourth-order valence-corrected chi connectivity index (χ4v) is 2.37. The molecule has 0 saturated heterocycles. The van der Waals surface area contributed by atoms with Crippen LogP contribution in [-0.2, 0) is 42.8 Å². The Hall–Kier alpha value is -1.71. The zero-order valence-corrected chi connectivity index (χ0v) is 21.9. The highest BCUT2D eigenvalue weighted by Gasteiger charge is 2.19. The van der Waals surface area contributed by atoms with Crippen molar-refractivity contribution in [1.29, 1.82) is 0 Å². The Kier molecular flexibility index (Phi) is 13.8. The zero-order valence-electron chi connectivity index (χ0n) is 21.9. The number of carbonyl (C=O) groups excluding carboxylic acids is 3. The molecule has 0 aliphatic carbocycles. The Bertz CT molecular complexity index is 559. The molecule has 0 aromatic heterocycles. The van der Waals surface area contributed by atoms with Crippen LogP contribution in [0.2, 0.25) is 0 Å². The van der Waals surface area contributed by atoms with Gasteiger partial charge >= 0.3 is 17.9 Å². The number of hydrogen-bond acceptors (Lipinski definition) is 9. The van der Waals surface area contributed by atoms with Crippen molar-refractivity contribution in [2.24, 2.45) is 0 Å². The molecule has 0 rings (SSSR count). The molecule has 33 heavy (non-hydrogen) atoms. The number of rotatable bonds is 14. The second-order valence-corrected chi connectivity index (χ2v) is 10.7. The van der Waals surface area contributed by atoms with Gasteiger partial charge in [0, 0.05) is 0 Å². The largest absolute Gasteiger partial charge is 0.460 e. The molecule has 9 nitrogen and oxygen atoms in total. The molecular formula is C24H44O9. The molecular weight excluding hydrogens is 432 g/mol. The summed E-state index contributed by atoms with van der Waals surface area (Å²) in [4.78, 5) is 35.4. The van der Waals surface area contributed by atoms with Crippen molar-refractivity contribution < 1.29 is 42.8 Å². The minimum Gasteiger partial charge on any atom is -0.460 e. The Morgan fingerprint density at radius 1 is 0.545 bits per heavy atom. The van der Waals surface area contributed by atoms with Crippen LogP contribution in [0.5, 0.6) is 0 Å². The third kappa shape index (κ3) is 21.9. The van der Waals surface area contributed by atoms with Gasteiger partial charge in [0.25, 0.3) is 0 Å². The van der Waals surface area contributed by atoms with Gasteiger partial charge in [0.15, 0.2) is 0 Å². The highest BCUT2D eigenvalue weighted by atomic mass is 16.6. The molecule has 0 aromatic rings. The van der Waals surface area contributed by atoms with E-state index < -0.39 is 22.9 Å². The first-order chi connectivity index (χ1) is 15.0. The quantitative estimate of drug-likeness (QED) is 0.211. The van der Waals surface area contributed by atoms with Gasteiger partial charge in [-0.2, -0.15) is 0 Å². The van der Waals surface area contributed by atoms with Crippen LogP contribution in [-0.4, -0.2) is 73.8 Å². The number of hydrogen-bond donors (Lipinski definition) is 0. The Labute approximate surface area is 198 Å². The van der Waals surface area contributed by atoms with Crippen molar-refractivity contribution in [2.45, 2.75) is 104 Å². The maximum absolute atomic E-state index is 11.9. The summed E-state index contributed by atoms with van der Waals surface area (Å²) in [6, 6.07) is 0. The van der Waals surface area contributed by atoms with Gasteiger partial charge in [-0.1, -0.05) is 0 Å². The van der Waals surface area contributed by atoms with Gasteiger partial charge < -0.3 is 28.4 Å². The lowest BCUT2D eigenvalue weighted by molar-refractivity contribution is -0.160. The Morgan fingerprint density at radius 2 is 0.848 bits per heavy atom. The molecule has 0 saturated carbocycles. The van der Waals surface area contributed by atoms with Crippen LogP contribution < -0.4 is 0 Å². The average molecular weight is 477 g/mol. The summed E-state index contributed by atoms with van der Waals surface area (Å²) in [6.07, 6.45) is -0.170. The third-order valence-electron chi connectivity index (χ3n) is 3.43. The average Bonchev–Trinajstić information content (AvgIpc) is 2.57. The van der Waals surface area contributed by atoms with E-state index in [-0.39, 0.29) is 70.2 Å². The van der Waals surface area contributed by atoms with Crippen LogP contribution in [0, 0.1) is 0 Å². The molecule has 0 bridgehead atoms. The van der Waals surface area contributed by atoms with E-state index in [1.807, 2.05) is 0 Å². The van der Waals surface area contributed by atoms with Crippen molar-refractivity contribution >= 4 is 17.9 Å². The molecule has 194 valence electrons. The highest BCUT2D eigenvalue weighted by molar-refractivity contribution is 5.70. The first kappa shape index (κ1) is 31.3. The second kappa shape index (κ2) is 14.5. The van der Waals surface area contributed by atoms with E-state index in [0.717, 1.165) is 0 Å². The van der Waals surface area contributed by atoms with Crippen LogP contribution in [0.15, 0.2) is 0 Å². The Balaban J connectivity index is 4.46. The first-order valence-corrected chi connectivity index (χ1v) is 11.4. The molecule has 0 spiro atoms. The van der Waals surface area contributed by atoms with Gasteiger partial charge in [0.1, 0.15) is 22.9 Å². The lowest BCUT2D eigenvalue weighted by Crippen LogP contribution is -2.30. The molecule has 0 aromatic carbocycles. The minimum atomic E-state index is -0.563. The van der Waals surface area contributed by atoms with Crippen LogP contribution in [0.25, 0.3) is 0 Å². The molecule has 0 amide bonds. The lowest BCUT2D eigenvalue weighted by Gasteiger charge is -2.22. The molecule has 0 aliphatic heterocycles. The standard InChI is InChI=1S/C24H44O9/c1-22(2,3)31-19(25)10-13-28-16-18(30-15-12-21(27)33-24(7,8)9)17-29-14-11-20(26)32-23(4,5)6/h18H,10-17H2,1-9H3. The van der Waals surface area contributed by atoms with Crippen molar-refractivity contribution in [3.8, 4) is 0 Å². The molecule has 0 aliphatic rings. The van der Waals surface area contributed by atoms with Gasteiger partial charge in [-0.15, -0.1) is 0 Å². The predicted octanol–water partition coefficient (Wildman–Crippen LogP) is 3.60. The second-order valence-electron chi connectivity index (χ2n) is 10.7. The van der Waals surface area contributed by atoms with E-state index >= 15 is 0 Å². The van der Waals surface area contributed by atoms with Crippen molar-refractivity contribution in [3.63, 3.8) is 0 Å². The van der Waals surface area contributed by atoms with Gasteiger partial charge in [-0.25, -0.2) is 0 Å². The third-order valence-corrected chi connectivity index (χ3v) is 3.43. The highest BCUT2D eigenvalue weighted by Crippen LogP contribution is 2.11. The van der Waals surface area contributed by atoms with Crippen LogP contribution in [0.3, 0.4) is 0 Å². The molecule has 0 heterocycles. The topological polar surface area (TPSA) is 107 Å². The number of carbonyl (C=O) groups is 3. The smallest absolute Gasteiger partial charge is 0.308 e. The maximum Gasteiger partial charge on any atom is 0.308 e. The number of ether oxygens (including phenoxy) is 6. The van der Waals surface area contributed by atoms with E-state index in [9.17, 15) is 14.4 Å². The molecule has 9 heteroatoms.